The average molecular weight is 286 g/mol. The molecule has 1 saturated carbocycles. The molecule has 0 bridgehead atoms. The van der Waals surface area contributed by atoms with E-state index in [1.54, 1.807) is 11.3 Å². The quantitative estimate of drug-likeness (QED) is 0.903. The van der Waals surface area contributed by atoms with Gasteiger partial charge in [0.25, 0.3) is 0 Å². The molecule has 0 unspecified atom stereocenters. The molecular formula is C17H22N2S. The van der Waals surface area contributed by atoms with Crippen molar-refractivity contribution in [1.29, 1.82) is 0 Å². The van der Waals surface area contributed by atoms with Gasteiger partial charge in [0.05, 0.1) is 5.01 Å². The molecule has 0 saturated heterocycles. The molecule has 20 heavy (non-hydrogen) atoms. The Morgan fingerprint density at radius 2 is 1.95 bits per heavy atom. The predicted octanol–water partition coefficient (Wildman–Crippen LogP) is 3.84. The summed E-state index contributed by atoms with van der Waals surface area (Å²) in [5.41, 5.74) is 4.00. The molecule has 1 aromatic heterocycles. The summed E-state index contributed by atoms with van der Waals surface area (Å²) in [4.78, 5) is 4.50. The van der Waals surface area contributed by atoms with E-state index in [2.05, 4.69) is 53.8 Å². The van der Waals surface area contributed by atoms with Crippen LogP contribution in [0.4, 0.5) is 0 Å². The molecule has 1 fully saturated rings. The molecule has 3 rings (SSSR count). The van der Waals surface area contributed by atoms with Crippen LogP contribution in [0.5, 0.6) is 0 Å². The fraction of sp³-hybridized carbons (Fsp3) is 0.471. The molecule has 0 aliphatic heterocycles. The molecule has 1 heterocycles. The van der Waals surface area contributed by atoms with E-state index in [1.165, 1.54) is 29.0 Å². The molecule has 106 valence electrons. The van der Waals surface area contributed by atoms with Gasteiger partial charge in [-0.1, -0.05) is 29.8 Å². The standard InChI is InChI=1S/C17H22N2S/c1-12-3-5-14(6-4-12)15-9-16(10-15)18-8-7-17-19-13(2)11-20-17/h3-6,11,15-16,18H,7-10H2,1-2H3. The van der Waals surface area contributed by atoms with Gasteiger partial charge < -0.3 is 5.32 Å². The minimum Gasteiger partial charge on any atom is -0.314 e. The van der Waals surface area contributed by atoms with Crippen LogP contribution in [0.1, 0.15) is 40.6 Å². The fourth-order valence-corrected chi connectivity index (χ4v) is 3.57. The Labute approximate surface area is 125 Å². The fourth-order valence-electron chi connectivity index (χ4n) is 2.80. The third-order valence-corrected chi connectivity index (χ3v) is 5.15. The zero-order chi connectivity index (χ0) is 13.9. The molecule has 2 aromatic rings. The number of hydrogen-bond acceptors (Lipinski definition) is 3. The lowest BCUT2D eigenvalue weighted by Gasteiger charge is -2.36. The van der Waals surface area contributed by atoms with Crippen molar-refractivity contribution in [3.8, 4) is 0 Å². The maximum atomic E-state index is 4.50. The Hall–Kier alpha value is -1.19. The van der Waals surface area contributed by atoms with E-state index in [0.717, 1.165) is 24.6 Å². The van der Waals surface area contributed by atoms with E-state index < -0.39 is 0 Å². The van der Waals surface area contributed by atoms with Crippen LogP contribution in [-0.4, -0.2) is 17.6 Å². The maximum Gasteiger partial charge on any atom is 0.0940 e. The first-order valence-corrected chi connectivity index (χ1v) is 8.29. The molecule has 0 radical (unpaired) electrons. The first-order valence-electron chi connectivity index (χ1n) is 7.41. The smallest absolute Gasteiger partial charge is 0.0940 e. The largest absolute Gasteiger partial charge is 0.314 e. The van der Waals surface area contributed by atoms with Crippen molar-refractivity contribution in [1.82, 2.24) is 10.3 Å². The summed E-state index contributed by atoms with van der Waals surface area (Å²) in [7, 11) is 0. The zero-order valence-corrected chi connectivity index (χ0v) is 13.0. The van der Waals surface area contributed by atoms with Crippen molar-refractivity contribution >= 4 is 11.3 Å². The predicted molar refractivity (Wildman–Crippen MR) is 85.5 cm³/mol. The summed E-state index contributed by atoms with van der Waals surface area (Å²) in [6.45, 7) is 5.26. The van der Waals surface area contributed by atoms with E-state index >= 15 is 0 Å². The molecule has 2 nitrogen and oxygen atoms in total. The number of hydrogen-bond donors (Lipinski definition) is 1. The van der Waals surface area contributed by atoms with E-state index in [1.807, 2.05) is 0 Å². The van der Waals surface area contributed by atoms with Crippen molar-refractivity contribution in [3.63, 3.8) is 0 Å². The van der Waals surface area contributed by atoms with Gasteiger partial charge >= 0.3 is 0 Å². The number of rotatable bonds is 5. The van der Waals surface area contributed by atoms with E-state index in [4.69, 9.17) is 0 Å². The van der Waals surface area contributed by atoms with Crippen LogP contribution < -0.4 is 5.32 Å². The highest BCUT2D eigenvalue weighted by Crippen LogP contribution is 2.36. The van der Waals surface area contributed by atoms with Crippen LogP contribution >= 0.6 is 11.3 Å². The monoisotopic (exact) mass is 286 g/mol. The van der Waals surface area contributed by atoms with Gasteiger partial charge in [-0.2, -0.15) is 0 Å². The van der Waals surface area contributed by atoms with Gasteiger partial charge in [0.2, 0.25) is 0 Å². The van der Waals surface area contributed by atoms with E-state index in [-0.39, 0.29) is 0 Å². The highest BCUT2D eigenvalue weighted by molar-refractivity contribution is 7.09. The topological polar surface area (TPSA) is 24.9 Å². The van der Waals surface area contributed by atoms with Gasteiger partial charge in [-0.05, 0) is 38.2 Å². The lowest BCUT2D eigenvalue weighted by atomic mass is 9.76. The number of nitrogens with one attached hydrogen (secondary N) is 1. The zero-order valence-electron chi connectivity index (χ0n) is 12.2. The maximum absolute atomic E-state index is 4.50. The van der Waals surface area contributed by atoms with Gasteiger partial charge in [-0.15, -0.1) is 11.3 Å². The van der Waals surface area contributed by atoms with Crippen LogP contribution in [0, 0.1) is 13.8 Å². The first kappa shape index (κ1) is 13.8. The van der Waals surface area contributed by atoms with E-state index in [9.17, 15) is 0 Å². The molecule has 1 aromatic carbocycles. The third kappa shape index (κ3) is 3.28. The molecular weight excluding hydrogens is 264 g/mol. The van der Waals surface area contributed by atoms with Crippen LogP contribution in [-0.2, 0) is 6.42 Å². The van der Waals surface area contributed by atoms with Gasteiger partial charge in [-0.3, -0.25) is 0 Å². The van der Waals surface area contributed by atoms with Gasteiger partial charge in [0.1, 0.15) is 0 Å². The molecule has 1 N–H and O–H groups in total. The average Bonchev–Trinajstić information content (AvgIpc) is 2.80. The number of aryl methyl sites for hydroxylation is 2. The highest BCUT2D eigenvalue weighted by atomic mass is 32.1. The number of nitrogens with zero attached hydrogens (tertiary/aromatic N) is 1. The Bertz CT molecular complexity index is 553. The minimum atomic E-state index is 0.697. The summed E-state index contributed by atoms with van der Waals surface area (Å²) in [5, 5.41) is 7.04. The summed E-state index contributed by atoms with van der Waals surface area (Å²) >= 11 is 1.77. The van der Waals surface area contributed by atoms with Crippen molar-refractivity contribution in [2.75, 3.05) is 6.54 Å². The first-order chi connectivity index (χ1) is 9.70. The van der Waals surface area contributed by atoms with Crippen LogP contribution in [0.25, 0.3) is 0 Å². The summed E-state index contributed by atoms with van der Waals surface area (Å²) < 4.78 is 0. The second-order valence-corrected chi connectivity index (χ2v) is 6.81. The number of thiazole rings is 1. The lowest BCUT2D eigenvalue weighted by Crippen LogP contribution is -2.40. The normalized spacial score (nSPS) is 21.7. The summed E-state index contributed by atoms with van der Waals surface area (Å²) in [5.74, 6) is 0.759. The van der Waals surface area contributed by atoms with Gasteiger partial charge in [-0.25, -0.2) is 4.98 Å². The Morgan fingerprint density at radius 1 is 1.20 bits per heavy atom. The Balaban J connectivity index is 1.39. The Morgan fingerprint density at radius 3 is 2.60 bits per heavy atom. The molecule has 3 heteroatoms. The summed E-state index contributed by atoms with van der Waals surface area (Å²) in [6.07, 6.45) is 3.62. The molecule has 1 aliphatic carbocycles. The number of aromatic nitrogens is 1. The van der Waals surface area contributed by atoms with Gasteiger partial charge in [0.15, 0.2) is 0 Å². The highest BCUT2D eigenvalue weighted by Gasteiger charge is 2.29. The van der Waals surface area contributed by atoms with Crippen LogP contribution in [0.3, 0.4) is 0 Å². The third-order valence-electron chi connectivity index (χ3n) is 4.13. The SMILES string of the molecule is Cc1ccc(C2CC(NCCc3nc(C)cs3)C2)cc1. The van der Waals surface area contributed by atoms with Crippen LogP contribution in [0.15, 0.2) is 29.6 Å². The molecule has 0 spiro atoms. The van der Waals surface area contributed by atoms with Crippen molar-refractivity contribution in [2.24, 2.45) is 0 Å². The second kappa shape index (κ2) is 6.06. The van der Waals surface area contributed by atoms with Gasteiger partial charge in [0, 0.05) is 30.1 Å². The van der Waals surface area contributed by atoms with Crippen molar-refractivity contribution in [2.45, 2.75) is 45.1 Å². The van der Waals surface area contributed by atoms with E-state index in [0.29, 0.717) is 6.04 Å². The molecule has 1 aliphatic rings. The Kier molecular flexibility index (Phi) is 4.18. The summed E-state index contributed by atoms with van der Waals surface area (Å²) in [6, 6.07) is 9.72. The second-order valence-electron chi connectivity index (χ2n) is 5.86. The minimum absolute atomic E-state index is 0.697. The van der Waals surface area contributed by atoms with Crippen LogP contribution in [0.2, 0.25) is 0 Å². The molecule has 0 atom stereocenters. The number of benzene rings is 1. The van der Waals surface area contributed by atoms with Crippen molar-refractivity contribution in [3.05, 3.63) is 51.5 Å². The lowest BCUT2D eigenvalue weighted by molar-refractivity contribution is 0.293. The van der Waals surface area contributed by atoms with Crippen molar-refractivity contribution < 1.29 is 0 Å². The molecule has 0 amide bonds.